The summed E-state index contributed by atoms with van der Waals surface area (Å²) < 4.78 is 17.3. The second kappa shape index (κ2) is 12.4. The minimum atomic E-state index is -0.903. The van der Waals surface area contributed by atoms with Gasteiger partial charge in [0.15, 0.2) is 11.5 Å². The molecule has 1 aliphatic heterocycles. The summed E-state index contributed by atoms with van der Waals surface area (Å²) in [6.07, 6.45) is 3.52. The van der Waals surface area contributed by atoms with Crippen molar-refractivity contribution in [3.05, 3.63) is 106 Å². The van der Waals surface area contributed by atoms with Crippen LogP contribution in [0.25, 0.3) is 6.08 Å². The first-order valence-electron chi connectivity index (χ1n) is 12.0. The van der Waals surface area contributed by atoms with Gasteiger partial charge in [-0.15, -0.1) is 6.58 Å². The lowest BCUT2D eigenvalue weighted by atomic mass is 10.0. The van der Waals surface area contributed by atoms with E-state index in [1.807, 2.05) is 24.3 Å². The molecule has 0 aliphatic carbocycles. The first-order chi connectivity index (χ1) is 19.2. The molecule has 9 nitrogen and oxygen atoms in total. The zero-order valence-corrected chi connectivity index (χ0v) is 23.3. The Morgan fingerprint density at radius 3 is 2.35 bits per heavy atom. The molecule has 0 unspecified atom stereocenters. The molecule has 0 saturated carbocycles. The number of ether oxygens (including phenoxy) is 3. The zero-order valence-electron chi connectivity index (χ0n) is 21.7. The number of nitrogens with zero attached hydrogens (tertiary/aromatic N) is 1. The summed E-state index contributed by atoms with van der Waals surface area (Å²) in [5.41, 5.74) is 2.33. The third kappa shape index (κ3) is 6.13. The highest BCUT2D eigenvalue weighted by atomic mass is 79.9. The molecule has 1 aliphatic rings. The summed E-state index contributed by atoms with van der Waals surface area (Å²) in [6.45, 7) is 4.11. The molecule has 4 rings (SSSR count). The number of benzene rings is 3. The van der Waals surface area contributed by atoms with Gasteiger partial charge in [0.25, 0.3) is 11.8 Å². The van der Waals surface area contributed by atoms with Gasteiger partial charge in [-0.1, -0.05) is 34.1 Å². The molecule has 0 bridgehead atoms. The molecule has 1 heterocycles. The fraction of sp³-hybridized carbons (Fsp3) is 0.133. The van der Waals surface area contributed by atoms with Crippen LogP contribution in [0.4, 0.5) is 10.5 Å². The first kappa shape index (κ1) is 28.3. The monoisotopic (exact) mass is 604 g/mol. The average molecular weight is 605 g/mol. The number of esters is 1. The van der Waals surface area contributed by atoms with E-state index in [2.05, 4.69) is 32.6 Å². The number of anilines is 1. The lowest BCUT2D eigenvalue weighted by Crippen LogP contribution is -2.54. The molecule has 0 radical (unpaired) electrons. The smallest absolute Gasteiger partial charge is 0.337 e. The number of imide groups is 2. The van der Waals surface area contributed by atoms with E-state index in [4.69, 9.17) is 9.47 Å². The maximum absolute atomic E-state index is 13.4. The number of urea groups is 1. The van der Waals surface area contributed by atoms with Gasteiger partial charge in [0.05, 0.1) is 25.5 Å². The van der Waals surface area contributed by atoms with E-state index in [9.17, 15) is 19.2 Å². The summed E-state index contributed by atoms with van der Waals surface area (Å²) in [7, 11) is 2.74. The predicted octanol–water partition coefficient (Wildman–Crippen LogP) is 5.22. The molecular weight excluding hydrogens is 580 g/mol. The van der Waals surface area contributed by atoms with Gasteiger partial charge in [0.1, 0.15) is 12.2 Å². The highest BCUT2D eigenvalue weighted by Crippen LogP contribution is 2.35. The Balaban J connectivity index is 1.67. The third-order valence-electron chi connectivity index (χ3n) is 5.99. The van der Waals surface area contributed by atoms with E-state index in [1.165, 1.54) is 44.6 Å². The fourth-order valence-electron chi connectivity index (χ4n) is 4.05. The molecule has 0 atom stereocenters. The molecule has 3 aromatic rings. The largest absolute Gasteiger partial charge is 0.493 e. The quantitative estimate of drug-likeness (QED) is 0.154. The van der Waals surface area contributed by atoms with Crippen molar-refractivity contribution in [3.8, 4) is 11.5 Å². The first-order valence-corrected chi connectivity index (χ1v) is 12.8. The SMILES string of the molecule is C=CCc1cc(/C=C2\C(=O)NC(=O)N(c3ccc(C(=O)OC)cc3)C2=O)cc(OC)c1OCc1ccc(Br)cc1. The van der Waals surface area contributed by atoms with Crippen LogP contribution in [-0.2, 0) is 27.4 Å². The molecule has 0 spiro atoms. The molecule has 1 N–H and O–H groups in total. The number of rotatable bonds is 9. The Kier molecular flexibility index (Phi) is 8.80. The van der Waals surface area contributed by atoms with Gasteiger partial charge in [0, 0.05) is 10.0 Å². The number of allylic oxidation sites excluding steroid dienone is 1. The summed E-state index contributed by atoms with van der Waals surface area (Å²) in [5, 5.41) is 2.19. The van der Waals surface area contributed by atoms with Crippen molar-refractivity contribution in [2.45, 2.75) is 13.0 Å². The number of halogens is 1. The molecule has 40 heavy (non-hydrogen) atoms. The second-order valence-electron chi connectivity index (χ2n) is 8.62. The van der Waals surface area contributed by atoms with E-state index >= 15 is 0 Å². The molecule has 0 aromatic heterocycles. The van der Waals surface area contributed by atoms with E-state index in [1.54, 1.807) is 18.2 Å². The standard InChI is InChI=1S/C30H25BrN2O7/c1-4-5-21-14-19(16-25(38-2)26(21)40-17-18-6-10-22(31)11-7-18)15-24-27(34)32-30(37)33(28(24)35)23-12-8-20(9-13-23)29(36)39-3/h4,6-16H,1,5,17H2,2-3H3,(H,32,34,37)/b24-15+. The summed E-state index contributed by atoms with van der Waals surface area (Å²) in [5.74, 6) is -1.31. The third-order valence-corrected chi connectivity index (χ3v) is 6.52. The molecule has 3 aromatic carbocycles. The van der Waals surface area contributed by atoms with Gasteiger partial charge in [0.2, 0.25) is 0 Å². The van der Waals surface area contributed by atoms with E-state index < -0.39 is 23.8 Å². The van der Waals surface area contributed by atoms with Crippen molar-refractivity contribution in [3.63, 3.8) is 0 Å². The lowest BCUT2D eigenvalue weighted by molar-refractivity contribution is -0.122. The van der Waals surface area contributed by atoms with E-state index in [0.29, 0.717) is 30.1 Å². The Labute approximate surface area is 239 Å². The number of hydrogen-bond donors (Lipinski definition) is 1. The Bertz CT molecular complexity index is 1510. The Morgan fingerprint density at radius 2 is 1.73 bits per heavy atom. The zero-order chi connectivity index (χ0) is 28.8. The Morgan fingerprint density at radius 1 is 1.02 bits per heavy atom. The second-order valence-corrected chi connectivity index (χ2v) is 9.53. The molecular formula is C30H25BrN2O7. The van der Waals surface area contributed by atoms with Crippen molar-refractivity contribution < 1.29 is 33.4 Å². The number of nitrogens with one attached hydrogen (secondary N) is 1. The van der Waals surface area contributed by atoms with Crippen LogP contribution in [0.3, 0.4) is 0 Å². The van der Waals surface area contributed by atoms with Crippen LogP contribution < -0.4 is 19.7 Å². The number of barbiturate groups is 1. The van der Waals surface area contributed by atoms with Crippen LogP contribution in [0.1, 0.15) is 27.0 Å². The molecule has 204 valence electrons. The minimum absolute atomic E-state index is 0.176. The van der Waals surface area contributed by atoms with Crippen molar-refractivity contribution >= 4 is 51.5 Å². The topological polar surface area (TPSA) is 111 Å². The minimum Gasteiger partial charge on any atom is -0.493 e. The predicted molar refractivity (Wildman–Crippen MR) is 152 cm³/mol. The van der Waals surface area contributed by atoms with Gasteiger partial charge >= 0.3 is 12.0 Å². The fourth-order valence-corrected chi connectivity index (χ4v) is 4.31. The highest BCUT2D eigenvalue weighted by Gasteiger charge is 2.37. The maximum atomic E-state index is 13.4. The summed E-state index contributed by atoms with van der Waals surface area (Å²) >= 11 is 3.42. The van der Waals surface area contributed by atoms with Gasteiger partial charge < -0.3 is 14.2 Å². The van der Waals surface area contributed by atoms with Crippen LogP contribution in [0.5, 0.6) is 11.5 Å². The van der Waals surface area contributed by atoms with Crippen molar-refractivity contribution in [2.24, 2.45) is 0 Å². The van der Waals surface area contributed by atoms with Crippen molar-refractivity contribution in [2.75, 3.05) is 19.1 Å². The number of amides is 4. The van der Waals surface area contributed by atoms with Crippen LogP contribution in [0.2, 0.25) is 0 Å². The summed E-state index contributed by atoms with van der Waals surface area (Å²) in [6, 6.07) is 15.9. The number of carbonyl (C=O) groups excluding carboxylic acids is 4. The highest BCUT2D eigenvalue weighted by molar-refractivity contribution is 9.10. The number of carbonyl (C=O) groups is 4. The number of hydrogen-bond acceptors (Lipinski definition) is 7. The Hall–Kier alpha value is -4.70. The normalized spacial score (nSPS) is 14.1. The van der Waals surface area contributed by atoms with E-state index in [-0.39, 0.29) is 16.8 Å². The van der Waals surface area contributed by atoms with Crippen LogP contribution >= 0.6 is 15.9 Å². The van der Waals surface area contributed by atoms with Gasteiger partial charge in [-0.05, 0) is 72.2 Å². The van der Waals surface area contributed by atoms with Crippen LogP contribution in [-0.4, -0.2) is 38.0 Å². The van der Waals surface area contributed by atoms with Gasteiger partial charge in [-0.3, -0.25) is 14.9 Å². The average Bonchev–Trinajstić information content (AvgIpc) is 2.95. The van der Waals surface area contributed by atoms with Gasteiger partial charge in [-0.2, -0.15) is 0 Å². The lowest BCUT2D eigenvalue weighted by Gasteiger charge is -2.26. The molecule has 1 saturated heterocycles. The van der Waals surface area contributed by atoms with Crippen LogP contribution in [0, 0.1) is 0 Å². The van der Waals surface area contributed by atoms with Crippen LogP contribution in [0.15, 0.2) is 83.4 Å². The van der Waals surface area contributed by atoms with Crippen molar-refractivity contribution in [1.82, 2.24) is 5.32 Å². The number of methoxy groups -OCH3 is 2. The van der Waals surface area contributed by atoms with E-state index in [0.717, 1.165) is 20.5 Å². The van der Waals surface area contributed by atoms with Crippen molar-refractivity contribution in [1.29, 1.82) is 0 Å². The molecule has 1 fully saturated rings. The molecule has 4 amide bonds. The summed E-state index contributed by atoms with van der Waals surface area (Å²) in [4.78, 5) is 51.2. The molecule has 10 heteroatoms. The maximum Gasteiger partial charge on any atom is 0.337 e. The van der Waals surface area contributed by atoms with Gasteiger partial charge in [-0.25, -0.2) is 14.5 Å².